The van der Waals surface area contributed by atoms with Crippen molar-refractivity contribution < 1.29 is 14.3 Å². The zero-order chi connectivity index (χ0) is 21.3. The van der Waals surface area contributed by atoms with E-state index in [4.69, 9.17) is 9.73 Å². The first-order chi connectivity index (χ1) is 14.6. The van der Waals surface area contributed by atoms with Crippen molar-refractivity contribution in [2.24, 2.45) is 4.99 Å². The minimum atomic E-state index is -0.260. The number of amides is 2. The molecule has 0 unspecified atom stereocenters. The van der Waals surface area contributed by atoms with Crippen molar-refractivity contribution in [2.45, 2.75) is 51.7 Å². The van der Waals surface area contributed by atoms with E-state index in [0.29, 0.717) is 32.6 Å². The normalized spacial score (nSPS) is 17.9. The van der Waals surface area contributed by atoms with Gasteiger partial charge < -0.3 is 25.2 Å². The van der Waals surface area contributed by atoms with Crippen molar-refractivity contribution >= 4 is 18.0 Å². The molecule has 30 heavy (non-hydrogen) atoms. The van der Waals surface area contributed by atoms with Crippen molar-refractivity contribution in [3.8, 4) is 0 Å². The Labute approximate surface area is 178 Å². The molecule has 0 spiro atoms. The summed E-state index contributed by atoms with van der Waals surface area (Å²) >= 11 is 0. The summed E-state index contributed by atoms with van der Waals surface area (Å²) in [6, 6.07) is 8.57. The average molecular weight is 416 g/mol. The van der Waals surface area contributed by atoms with Crippen LogP contribution in [0.4, 0.5) is 4.79 Å². The van der Waals surface area contributed by atoms with Gasteiger partial charge in [-0.05, 0) is 37.3 Å². The van der Waals surface area contributed by atoms with Gasteiger partial charge >= 0.3 is 6.09 Å². The topological polar surface area (TPSA) is 86.3 Å². The number of likely N-dealkylation sites (tertiary alicyclic amines) is 2. The van der Waals surface area contributed by atoms with Crippen molar-refractivity contribution in [3.05, 3.63) is 35.4 Å². The summed E-state index contributed by atoms with van der Waals surface area (Å²) in [4.78, 5) is 31.9. The molecule has 2 N–H and O–H groups in total. The molecule has 0 aliphatic carbocycles. The molecule has 0 bridgehead atoms. The van der Waals surface area contributed by atoms with E-state index in [9.17, 15) is 9.59 Å². The number of guanidine groups is 1. The zero-order valence-electron chi connectivity index (χ0n) is 18.0. The summed E-state index contributed by atoms with van der Waals surface area (Å²) in [5, 5.41) is 6.80. The molecule has 0 saturated carbocycles. The molecule has 2 aliphatic heterocycles. The molecule has 2 saturated heterocycles. The third kappa shape index (κ3) is 6.11. The summed E-state index contributed by atoms with van der Waals surface area (Å²) < 4.78 is 4.80. The Morgan fingerprint density at radius 1 is 1.23 bits per heavy atom. The molecule has 0 radical (unpaired) electrons. The van der Waals surface area contributed by atoms with E-state index < -0.39 is 0 Å². The standard InChI is InChI=1S/C22H33N5O3/c1-3-23-21(25-19-9-12-26(13-10-19)22(29)30-2)24-15-17-6-4-7-18(14-17)16-27-11-5-8-20(27)28/h4,6-7,14,19H,3,5,8-13,15-16H2,1-2H3,(H2,23,24,25). The maximum atomic E-state index is 11.9. The minimum absolute atomic E-state index is 0.246. The number of ether oxygens (including phenoxy) is 1. The van der Waals surface area contributed by atoms with Crippen LogP contribution in [0.15, 0.2) is 29.3 Å². The molecule has 164 valence electrons. The van der Waals surface area contributed by atoms with Crippen LogP contribution in [-0.4, -0.2) is 67.1 Å². The van der Waals surface area contributed by atoms with E-state index in [1.165, 1.54) is 7.11 Å². The monoisotopic (exact) mass is 415 g/mol. The third-order valence-electron chi connectivity index (χ3n) is 5.57. The number of piperidine rings is 1. The SMILES string of the molecule is CCNC(=NCc1cccc(CN2CCCC2=O)c1)NC1CCN(C(=O)OC)CC1. The maximum absolute atomic E-state index is 11.9. The van der Waals surface area contributed by atoms with Gasteiger partial charge in [0.25, 0.3) is 0 Å². The van der Waals surface area contributed by atoms with E-state index in [1.54, 1.807) is 4.90 Å². The van der Waals surface area contributed by atoms with Crippen LogP contribution < -0.4 is 10.6 Å². The van der Waals surface area contributed by atoms with E-state index in [-0.39, 0.29) is 18.0 Å². The second kappa shape index (κ2) is 10.8. The van der Waals surface area contributed by atoms with Crippen molar-refractivity contribution in [1.29, 1.82) is 0 Å². The van der Waals surface area contributed by atoms with Gasteiger partial charge in [-0.15, -0.1) is 0 Å². The van der Waals surface area contributed by atoms with Gasteiger partial charge in [-0.2, -0.15) is 0 Å². The Balaban J connectivity index is 1.55. The Bertz CT molecular complexity index is 759. The maximum Gasteiger partial charge on any atom is 0.409 e. The molecule has 2 fully saturated rings. The number of hydrogen-bond donors (Lipinski definition) is 2. The van der Waals surface area contributed by atoms with Crippen molar-refractivity contribution in [3.63, 3.8) is 0 Å². The first-order valence-corrected chi connectivity index (χ1v) is 10.8. The molecule has 0 atom stereocenters. The number of hydrogen-bond acceptors (Lipinski definition) is 4. The molecule has 2 heterocycles. The number of aliphatic imine (C=N–C) groups is 1. The molecule has 8 nitrogen and oxygen atoms in total. The van der Waals surface area contributed by atoms with E-state index in [1.807, 2.05) is 17.9 Å². The molecule has 3 rings (SSSR count). The van der Waals surface area contributed by atoms with E-state index in [2.05, 4.69) is 28.8 Å². The van der Waals surface area contributed by atoms with Crippen LogP contribution >= 0.6 is 0 Å². The van der Waals surface area contributed by atoms with Crippen LogP contribution in [-0.2, 0) is 22.6 Å². The number of carbonyl (C=O) groups is 2. The first-order valence-electron chi connectivity index (χ1n) is 10.8. The molecular formula is C22H33N5O3. The summed E-state index contributed by atoms with van der Waals surface area (Å²) in [7, 11) is 1.42. The van der Waals surface area contributed by atoms with Crippen LogP contribution in [0.3, 0.4) is 0 Å². The quantitative estimate of drug-likeness (QED) is 0.549. The van der Waals surface area contributed by atoms with Gasteiger partial charge in [-0.3, -0.25) is 4.79 Å². The highest BCUT2D eigenvalue weighted by molar-refractivity contribution is 5.80. The summed E-state index contributed by atoms with van der Waals surface area (Å²) in [5.74, 6) is 1.03. The Kier molecular flexibility index (Phi) is 7.93. The lowest BCUT2D eigenvalue weighted by Crippen LogP contribution is -2.49. The van der Waals surface area contributed by atoms with Crippen molar-refractivity contribution in [2.75, 3.05) is 33.3 Å². The average Bonchev–Trinajstić information content (AvgIpc) is 3.17. The van der Waals surface area contributed by atoms with Crippen LogP contribution in [0.2, 0.25) is 0 Å². The Hall–Kier alpha value is -2.77. The fourth-order valence-electron chi connectivity index (χ4n) is 3.94. The van der Waals surface area contributed by atoms with Gasteiger partial charge in [-0.25, -0.2) is 9.79 Å². The van der Waals surface area contributed by atoms with Gasteiger partial charge in [0.1, 0.15) is 0 Å². The number of methoxy groups -OCH3 is 1. The van der Waals surface area contributed by atoms with Gasteiger partial charge in [0, 0.05) is 45.2 Å². The number of nitrogens with one attached hydrogen (secondary N) is 2. The summed E-state index contributed by atoms with van der Waals surface area (Å²) in [5.41, 5.74) is 2.27. The molecular weight excluding hydrogens is 382 g/mol. The molecule has 2 amide bonds. The number of benzene rings is 1. The minimum Gasteiger partial charge on any atom is -0.453 e. The fraction of sp³-hybridized carbons (Fsp3) is 0.591. The number of nitrogens with zero attached hydrogens (tertiary/aromatic N) is 3. The smallest absolute Gasteiger partial charge is 0.409 e. The second-order valence-electron chi connectivity index (χ2n) is 7.81. The first kappa shape index (κ1) is 21.9. The highest BCUT2D eigenvalue weighted by Crippen LogP contribution is 2.16. The van der Waals surface area contributed by atoms with Crippen molar-refractivity contribution in [1.82, 2.24) is 20.4 Å². The highest BCUT2D eigenvalue weighted by atomic mass is 16.5. The highest BCUT2D eigenvalue weighted by Gasteiger charge is 2.23. The van der Waals surface area contributed by atoms with Crippen LogP contribution in [0.5, 0.6) is 0 Å². The third-order valence-corrected chi connectivity index (χ3v) is 5.57. The van der Waals surface area contributed by atoms with Crippen LogP contribution in [0, 0.1) is 0 Å². The summed E-state index contributed by atoms with van der Waals surface area (Å²) in [6.45, 7) is 6.28. The van der Waals surface area contributed by atoms with Gasteiger partial charge in [0.15, 0.2) is 5.96 Å². The van der Waals surface area contributed by atoms with Gasteiger partial charge in [-0.1, -0.05) is 24.3 Å². The molecule has 2 aliphatic rings. The molecule has 0 aromatic heterocycles. The van der Waals surface area contributed by atoms with Crippen LogP contribution in [0.1, 0.15) is 43.7 Å². The molecule has 1 aromatic rings. The zero-order valence-corrected chi connectivity index (χ0v) is 18.0. The lowest BCUT2D eigenvalue weighted by atomic mass is 10.1. The van der Waals surface area contributed by atoms with Crippen LogP contribution in [0.25, 0.3) is 0 Å². The number of carbonyl (C=O) groups excluding carboxylic acids is 2. The van der Waals surface area contributed by atoms with Gasteiger partial charge in [0.05, 0.1) is 13.7 Å². The fourth-order valence-corrected chi connectivity index (χ4v) is 3.94. The predicted molar refractivity (Wildman–Crippen MR) is 116 cm³/mol. The lowest BCUT2D eigenvalue weighted by molar-refractivity contribution is -0.128. The molecule has 1 aromatic carbocycles. The lowest BCUT2D eigenvalue weighted by Gasteiger charge is -2.32. The number of rotatable bonds is 6. The Morgan fingerprint density at radius 2 is 2.00 bits per heavy atom. The predicted octanol–water partition coefficient (Wildman–Crippen LogP) is 2.09. The second-order valence-corrected chi connectivity index (χ2v) is 7.81. The Morgan fingerprint density at radius 3 is 2.67 bits per heavy atom. The van der Waals surface area contributed by atoms with E-state index in [0.717, 1.165) is 49.4 Å². The van der Waals surface area contributed by atoms with Gasteiger partial charge in [0.2, 0.25) is 5.91 Å². The largest absolute Gasteiger partial charge is 0.453 e. The van der Waals surface area contributed by atoms with E-state index >= 15 is 0 Å². The molecule has 8 heteroatoms. The summed E-state index contributed by atoms with van der Waals surface area (Å²) in [6.07, 6.45) is 3.08.